The second-order valence-corrected chi connectivity index (χ2v) is 6.14. The Balaban J connectivity index is 1.68. The molecule has 114 valence electrons. The lowest BCUT2D eigenvalue weighted by atomic mass is 10.2. The number of aromatic nitrogens is 2. The zero-order valence-electron chi connectivity index (χ0n) is 12.8. The van der Waals surface area contributed by atoms with Gasteiger partial charge in [-0.3, -0.25) is 4.68 Å². The number of nitrogens with one attached hydrogen (secondary N) is 2. The molecule has 0 aliphatic carbocycles. The highest BCUT2D eigenvalue weighted by atomic mass is 32.1. The van der Waals surface area contributed by atoms with Gasteiger partial charge >= 0.3 is 6.03 Å². The van der Waals surface area contributed by atoms with E-state index in [1.807, 2.05) is 55.2 Å². The fourth-order valence-corrected chi connectivity index (χ4v) is 3.38. The van der Waals surface area contributed by atoms with Gasteiger partial charge in [0.25, 0.3) is 0 Å². The Bertz CT molecular complexity index is 834. The number of anilines is 1. The minimum atomic E-state index is -0.203. The van der Waals surface area contributed by atoms with Crippen molar-refractivity contribution in [3.63, 3.8) is 0 Å². The van der Waals surface area contributed by atoms with Crippen LogP contribution in [0, 0.1) is 13.8 Å². The minimum absolute atomic E-state index is 0.203. The molecule has 0 radical (unpaired) electrons. The number of urea groups is 1. The first-order chi connectivity index (χ1) is 10.6. The van der Waals surface area contributed by atoms with Crippen molar-refractivity contribution in [2.75, 3.05) is 5.32 Å². The number of carbonyl (C=O) groups is 1. The van der Waals surface area contributed by atoms with Gasteiger partial charge in [-0.1, -0.05) is 18.2 Å². The summed E-state index contributed by atoms with van der Waals surface area (Å²) >= 11 is 1.62. The number of nitrogens with zero attached hydrogens (tertiary/aromatic N) is 2. The molecule has 0 saturated carbocycles. The van der Waals surface area contributed by atoms with Gasteiger partial charge in [0.05, 0.1) is 11.4 Å². The topological polar surface area (TPSA) is 59.0 Å². The second kappa shape index (κ2) is 5.81. The average molecular weight is 314 g/mol. The lowest BCUT2D eigenvalue weighted by Gasteiger charge is -2.07. The number of aryl methyl sites for hydroxylation is 2. The molecule has 2 amide bonds. The molecule has 1 aromatic carbocycles. The maximum absolute atomic E-state index is 12.1. The molecule has 3 aromatic rings. The highest BCUT2D eigenvalue weighted by Gasteiger charge is 2.11. The van der Waals surface area contributed by atoms with Crippen LogP contribution in [0.1, 0.15) is 17.0 Å². The molecule has 2 heterocycles. The quantitative estimate of drug-likeness (QED) is 0.776. The third-order valence-corrected chi connectivity index (χ3v) is 4.78. The van der Waals surface area contributed by atoms with Crippen LogP contribution in [0.3, 0.4) is 0 Å². The van der Waals surface area contributed by atoms with Gasteiger partial charge in [-0.05, 0) is 19.9 Å². The summed E-state index contributed by atoms with van der Waals surface area (Å²) in [5, 5.41) is 13.2. The maximum atomic E-state index is 12.1. The molecule has 2 N–H and O–H groups in total. The molecule has 0 spiro atoms. The lowest BCUT2D eigenvalue weighted by molar-refractivity contribution is 0.251. The summed E-state index contributed by atoms with van der Waals surface area (Å²) in [6.45, 7) is 4.43. The number of carbonyl (C=O) groups excluding carboxylic acids is 1. The molecular weight excluding hydrogens is 296 g/mol. The summed E-state index contributed by atoms with van der Waals surface area (Å²) in [4.78, 5) is 12.1. The van der Waals surface area contributed by atoms with Gasteiger partial charge in [-0.15, -0.1) is 11.3 Å². The molecule has 0 bridgehead atoms. The molecule has 6 heteroatoms. The smallest absolute Gasteiger partial charge is 0.319 e. The minimum Gasteiger partial charge on any atom is -0.334 e. The first kappa shape index (κ1) is 14.6. The zero-order valence-corrected chi connectivity index (χ0v) is 13.6. The summed E-state index contributed by atoms with van der Waals surface area (Å²) in [6.07, 6.45) is 0. The van der Waals surface area contributed by atoms with Crippen LogP contribution < -0.4 is 10.6 Å². The van der Waals surface area contributed by atoms with E-state index in [-0.39, 0.29) is 6.03 Å². The zero-order chi connectivity index (χ0) is 15.7. The molecule has 0 saturated heterocycles. The van der Waals surface area contributed by atoms with E-state index in [9.17, 15) is 4.79 Å². The van der Waals surface area contributed by atoms with E-state index in [0.717, 1.165) is 32.7 Å². The van der Waals surface area contributed by atoms with Crippen LogP contribution in [0.5, 0.6) is 0 Å². The normalized spacial score (nSPS) is 10.9. The molecule has 5 nitrogen and oxygen atoms in total. The van der Waals surface area contributed by atoms with Crippen LogP contribution in [0.4, 0.5) is 10.5 Å². The number of thiophene rings is 1. The van der Waals surface area contributed by atoms with Crippen LogP contribution in [0.15, 0.2) is 29.6 Å². The van der Waals surface area contributed by atoms with Gasteiger partial charge < -0.3 is 10.6 Å². The number of benzene rings is 1. The SMILES string of the molecule is Cc1nn(C)c(C)c1CNC(=O)Nc1csc2ccccc12. The highest BCUT2D eigenvalue weighted by molar-refractivity contribution is 7.17. The number of hydrogen-bond acceptors (Lipinski definition) is 3. The Morgan fingerprint density at radius 1 is 1.32 bits per heavy atom. The summed E-state index contributed by atoms with van der Waals surface area (Å²) in [6, 6.07) is 7.82. The van der Waals surface area contributed by atoms with E-state index in [1.54, 1.807) is 11.3 Å². The first-order valence-electron chi connectivity index (χ1n) is 7.06. The predicted molar refractivity (Wildman–Crippen MR) is 90.4 cm³/mol. The predicted octanol–water partition coefficient (Wildman–Crippen LogP) is 3.57. The summed E-state index contributed by atoms with van der Waals surface area (Å²) in [5.41, 5.74) is 3.92. The van der Waals surface area contributed by atoms with Crippen molar-refractivity contribution < 1.29 is 4.79 Å². The largest absolute Gasteiger partial charge is 0.334 e. The molecule has 0 unspecified atom stereocenters. The number of amides is 2. The van der Waals surface area contributed by atoms with Crippen molar-refractivity contribution in [3.8, 4) is 0 Å². The molecule has 0 atom stereocenters. The molecule has 3 rings (SSSR count). The second-order valence-electron chi connectivity index (χ2n) is 5.23. The van der Waals surface area contributed by atoms with E-state index in [4.69, 9.17) is 0 Å². The monoisotopic (exact) mass is 314 g/mol. The van der Waals surface area contributed by atoms with Crippen LogP contribution in [0.2, 0.25) is 0 Å². The Morgan fingerprint density at radius 3 is 2.82 bits per heavy atom. The van der Waals surface area contributed by atoms with Gasteiger partial charge in [0.1, 0.15) is 0 Å². The fraction of sp³-hybridized carbons (Fsp3) is 0.250. The first-order valence-corrected chi connectivity index (χ1v) is 7.94. The molecule has 0 aliphatic heterocycles. The molecule has 0 fully saturated rings. The fourth-order valence-electron chi connectivity index (χ4n) is 2.48. The van der Waals surface area contributed by atoms with Gasteiger partial charge in [-0.2, -0.15) is 5.10 Å². The van der Waals surface area contributed by atoms with Gasteiger partial charge in [-0.25, -0.2) is 4.79 Å². The van der Waals surface area contributed by atoms with Crippen molar-refractivity contribution in [3.05, 3.63) is 46.6 Å². The summed E-state index contributed by atoms with van der Waals surface area (Å²) in [5.74, 6) is 0. The van der Waals surface area contributed by atoms with E-state index >= 15 is 0 Å². The maximum Gasteiger partial charge on any atom is 0.319 e. The molecule has 2 aromatic heterocycles. The lowest BCUT2D eigenvalue weighted by Crippen LogP contribution is -2.28. The standard InChI is InChI=1S/C16H18N4OS/c1-10-13(11(2)20(3)19-10)8-17-16(21)18-14-9-22-15-7-5-4-6-12(14)15/h4-7,9H,8H2,1-3H3,(H2,17,18,21). The Labute approximate surface area is 133 Å². The van der Waals surface area contributed by atoms with Gasteiger partial charge in [0.2, 0.25) is 0 Å². The Hall–Kier alpha value is -2.34. The third kappa shape index (κ3) is 2.69. The van der Waals surface area contributed by atoms with Crippen LogP contribution in [-0.2, 0) is 13.6 Å². The molecule has 22 heavy (non-hydrogen) atoms. The number of fused-ring (bicyclic) bond motifs is 1. The van der Waals surface area contributed by atoms with E-state index in [1.165, 1.54) is 0 Å². The third-order valence-electron chi connectivity index (χ3n) is 3.81. The number of rotatable bonds is 3. The van der Waals surface area contributed by atoms with Gasteiger partial charge in [0.15, 0.2) is 0 Å². The molecular formula is C16H18N4OS. The Kier molecular flexibility index (Phi) is 3.85. The molecule has 0 aliphatic rings. The highest BCUT2D eigenvalue weighted by Crippen LogP contribution is 2.29. The Morgan fingerprint density at radius 2 is 2.09 bits per heavy atom. The van der Waals surface area contributed by atoms with Gasteiger partial charge in [0, 0.05) is 40.3 Å². The average Bonchev–Trinajstić information content (AvgIpc) is 3.00. The van der Waals surface area contributed by atoms with Crippen LogP contribution in [0.25, 0.3) is 10.1 Å². The van der Waals surface area contributed by atoms with Crippen molar-refractivity contribution in [2.45, 2.75) is 20.4 Å². The van der Waals surface area contributed by atoms with Crippen molar-refractivity contribution in [2.24, 2.45) is 7.05 Å². The summed E-state index contributed by atoms with van der Waals surface area (Å²) in [7, 11) is 1.91. The van der Waals surface area contributed by atoms with E-state index in [2.05, 4.69) is 15.7 Å². The number of hydrogen-bond donors (Lipinski definition) is 2. The van der Waals surface area contributed by atoms with E-state index < -0.39 is 0 Å². The van der Waals surface area contributed by atoms with Crippen molar-refractivity contribution >= 4 is 33.1 Å². The van der Waals surface area contributed by atoms with Crippen molar-refractivity contribution in [1.29, 1.82) is 0 Å². The van der Waals surface area contributed by atoms with Crippen molar-refractivity contribution in [1.82, 2.24) is 15.1 Å². The van der Waals surface area contributed by atoms with E-state index in [0.29, 0.717) is 6.54 Å². The van der Waals surface area contributed by atoms with Crippen LogP contribution in [-0.4, -0.2) is 15.8 Å². The van der Waals surface area contributed by atoms with Crippen LogP contribution >= 0.6 is 11.3 Å². The summed E-state index contributed by atoms with van der Waals surface area (Å²) < 4.78 is 2.99.